The summed E-state index contributed by atoms with van der Waals surface area (Å²) in [5, 5.41) is 12.0. The van der Waals surface area contributed by atoms with Crippen LogP contribution in [-0.4, -0.2) is 36.3 Å². The van der Waals surface area contributed by atoms with Crippen LogP contribution < -0.4 is 10.1 Å². The third-order valence-electron chi connectivity index (χ3n) is 3.98. The van der Waals surface area contributed by atoms with Gasteiger partial charge < -0.3 is 19.9 Å². The minimum Gasteiger partial charge on any atom is -0.491 e. The number of rotatable bonds is 10. The molecular weight excluding hydrogens is 346 g/mol. The highest BCUT2D eigenvalue weighted by Crippen LogP contribution is 2.18. The zero-order valence-corrected chi connectivity index (χ0v) is 15.6. The summed E-state index contributed by atoms with van der Waals surface area (Å²) in [4.78, 5) is 22.6. The van der Waals surface area contributed by atoms with E-state index < -0.39 is 12.1 Å². The van der Waals surface area contributed by atoms with Crippen LogP contribution in [0.4, 0.5) is 0 Å². The summed E-state index contributed by atoms with van der Waals surface area (Å²) >= 11 is 0. The van der Waals surface area contributed by atoms with Gasteiger partial charge >= 0.3 is 5.97 Å². The highest BCUT2D eigenvalue weighted by atomic mass is 16.5. The molecule has 0 aliphatic carbocycles. The summed E-state index contributed by atoms with van der Waals surface area (Å²) in [6, 6.07) is 16.6. The van der Waals surface area contributed by atoms with E-state index >= 15 is 0 Å². The summed E-state index contributed by atoms with van der Waals surface area (Å²) in [6.07, 6.45) is -0.564. The van der Waals surface area contributed by atoms with Crippen molar-refractivity contribution in [2.45, 2.75) is 32.4 Å². The Kier molecular flexibility index (Phi) is 7.82. The van der Waals surface area contributed by atoms with Crippen molar-refractivity contribution in [3.8, 4) is 5.75 Å². The molecule has 1 amide bonds. The lowest BCUT2D eigenvalue weighted by Gasteiger charge is -2.19. The third-order valence-corrected chi connectivity index (χ3v) is 3.98. The molecule has 0 spiro atoms. The largest absolute Gasteiger partial charge is 0.491 e. The minimum atomic E-state index is -0.974. The van der Waals surface area contributed by atoms with E-state index in [9.17, 15) is 9.59 Å². The number of carboxylic acids is 1. The molecule has 6 heteroatoms. The van der Waals surface area contributed by atoms with Gasteiger partial charge in [0, 0.05) is 20.0 Å². The van der Waals surface area contributed by atoms with Crippen LogP contribution in [0.5, 0.6) is 5.75 Å². The summed E-state index contributed by atoms with van der Waals surface area (Å²) in [5.41, 5.74) is 1.81. The molecule has 0 radical (unpaired) electrons. The molecule has 0 aliphatic rings. The van der Waals surface area contributed by atoms with Crippen LogP contribution in [0.3, 0.4) is 0 Å². The molecule has 0 aromatic heterocycles. The number of carbonyl (C=O) groups excluding carboxylic acids is 1. The monoisotopic (exact) mass is 371 g/mol. The number of benzene rings is 2. The lowest BCUT2D eigenvalue weighted by molar-refractivity contribution is -0.149. The van der Waals surface area contributed by atoms with Gasteiger partial charge in [0.2, 0.25) is 5.91 Å². The van der Waals surface area contributed by atoms with Gasteiger partial charge in [0.05, 0.1) is 6.04 Å². The molecule has 0 aliphatic heterocycles. The van der Waals surface area contributed by atoms with E-state index in [1.165, 1.54) is 6.92 Å². The van der Waals surface area contributed by atoms with E-state index in [2.05, 4.69) is 5.32 Å². The van der Waals surface area contributed by atoms with Gasteiger partial charge in [-0.05, 0) is 30.2 Å². The van der Waals surface area contributed by atoms with Crippen molar-refractivity contribution in [3.63, 3.8) is 0 Å². The first kappa shape index (κ1) is 20.5. The molecular formula is C21H25NO5. The fourth-order valence-electron chi connectivity index (χ4n) is 2.69. The number of hydrogen-bond donors (Lipinski definition) is 2. The van der Waals surface area contributed by atoms with Crippen LogP contribution in [-0.2, 0) is 20.7 Å². The molecule has 2 rings (SSSR count). The van der Waals surface area contributed by atoms with Crippen LogP contribution in [0.15, 0.2) is 54.6 Å². The topological polar surface area (TPSA) is 84.9 Å². The summed E-state index contributed by atoms with van der Waals surface area (Å²) in [6.45, 7) is 3.88. The molecule has 2 N–H and O–H groups in total. The first-order valence-electron chi connectivity index (χ1n) is 8.87. The first-order valence-corrected chi connectivity index (χ1v) is 8.87. The number of ether oxygens (including phenoxy) is 2. The maximum atomic E-state index is 11.5. The lowest BCUT2D eigenvalue weighted by Crippen LogP contribution is -2.30. The molecule has 2 aromatic rings. The number of hydrogen-bond acceptors (Lipinski definition) is 4. The van der Waals surface area contributed by atoms with E-state index in [0.717, 1.165) is 11.1 Å². The second-order valence-corrected chi connectivity index (χ2v) is 6.11. The van der Waals surface area contributed by atoms with Crippen molar-refractivity contribution in [1.82, 2.24) is 5.32 Å². The maximum absolute atomic E-state index is 11.5. The van der Waals surface area contributed by atoms with Crippen LogP contribution in [0, 0.1) is 0 Å². The van der Waals surface area contributed by atoms with Gasteiger partial charge in [-0.1, -0.05) is 42.5 Å². The minimum absolute atomic E-state index is 0.126. The number of amides is 1. The predicted octanol–water partition coefficient (Wildman–Crippen LogP) is 2.98. The molecule has 2 atom stereocenters. The fourth-order valence-corrected chi connectivity index (χ4v) is 2.69. The summed E-state index contributed by atoms with van der Waals surface area (Å²) < 4.78 is 11.0. The predicted molar refractivity (Wildman–Crippen MR) is 102 cm³/mol. The Morgan fingerprint density at radius 2 is 1.74 bits per heavy atom. The zero-order chi connectivity index (χ0) is 19.6. The average Bonchev–Trinajstić information content (AvgIpc) is 2.66. The van der Waals surface area contributed by atoms with Gasteiger partial charge in [-0.3, -0.25) is 4.79 Å². The van der Waals surface area contributed by atoms with Crippen molar-refractivity contribution in [3.05, 3.63) is 65.7 Å². The maximum Gasteiger partial charge on any atom is 0.333 e. The van der Waals surface area contributed by atoms with Crippen molar-refractivity contribution in [1.29, 1.82) is 0 Å². The third kappa shape index (κ3) is 6.75. The Morgan fingerprint density at radius 1 is 1.07 bits per heavy atom. The van der Waals surface area contributed by atoms with Crippen molar-refractivity contribution in [2.75, 3.05) is 13.2 Å². The second kappa shape index (κ2) is 10.3. The molecule has 0 bridgehead atoms. The highest BCUT2D eigenvalue weighted by Gasteiger charge is 2.18. The Hall–Kier alpha value is -2.86. The quantitative estimate of drug-likeness (QED) is 0.671. The molecule has 6 nitrogen and oxygen atoms in total. The average molecular weight is 371 g/mol. The Balaban J connectivity index is 1.98. The molecule has 0 saturated carbocycles. The first-order chi connectivity index (χ1) is 13.0. The molecule has 0 fully saturated rings. The number of nitrogens with one attached hydrogen (secondary N) is 1. The van der Waals surface area contributed by atoms with Crippen molar-refractivity contribution < 1.29 is 24.2 Å². The summed E-state index contributed by atoms with van der Waals surface area (Å²) in [5.74, 6) is -0.454. The van der Waals surface area contributed by atoms with Gasteiger partial charge in [0.15, 0.2) is 6.10 Å². The van der Waals surface area contributed by atoms with Crippen molar-refractivity contribution in [2.24, 2.45) is 0 Å². The van der Waals surface area contributed by atoms with Gasteiger partial charge in [-0.2, -0.15) is 0 Å². The molecule has 27 heavy (non-hydrogen) atoms. The summed E-state index contributed by atoms with van der Waals surface area (Å²) in [7, 11) is 0. The van der Waals surface area contributed by atoms with Crippen LogP contribution >= 0.6 is 0 Å². The molecule has 2 unspecified atom stereocenters. The van der Waals surface area contributed by atoms with E-state index in [4.69, 9.17) is 14.6 Å². The van der Waals surface area contributed by atoms with Gasteiger partial charge in [0.25, 0.3) is 0 Å². The number of carbonyl (C=O) groups is 2. The second-order valence-electron chi connectivity index (χ2n) is 6.11. The van der Waals surface area contributed by atoms with Gasteiger partial charge in [0.1, 0.15) is 12.4 Å². The Bertz CT molecular complexity index is 730. The van der Waals surface area contributed by atoms with Crippen LogP contribution in [0.25, 0.3) is 0 Å². The fraction of sp³-hybridized carbons (Fsp3) is 0.333. The highest BCUT2D eigenvalue weighted by molar-refractivity contribution is 5.73. The number of aliphatic carboxylic acids is 1. The molecule has 2 aromatic carbocycles. The number of carboxylic acid groups (broad SMARTS) is 1. The SMILES string of the molecule is CCOC(Cc1ccc(OCC(NC(C)=O)c2ccccc2)cc1)C(=O)O. The molecule has 0 heterocycles. The van der Waals surface area contributed by atoms with E-state index in [-0.39, 0.29) is 11.9 Å². The smallest absolute Gasteiger partial charge is 0.333 e. The standard InChI is InChI=1S/C21H25NO5/c1-3-26-20(21(24)25)13-16-9-11-18(12-10-16)27-14-19(22-15(2)23)17-7-5-4-6-8-17/h4-12,19-20H,3,13-14H2,1-2H3,(H,22,23)(H,24,25). The van der Waals surface area contributed by atoms with Gasteiger partial charge in [-0.15, -0.1) is 0 Å². The molecule has 144 valence electrons. The van der Waals surface area contributed by atoms with Crippen molar-refractivity contribution >= 4 is 11.9 Å². The van der Waals surface area contributed by atoms with E-state index in [1.54, 1.807) is 19.1 Å². The van der Waals surface area contributed by atoms with Gasteiger partial charge in [-0.25, -0.2) is 4.79 Å². The van der Waals surface area contributed by atoms with E-state index in [0.29, 0.717) is 25.4 Å². The van der Waals surface area contributed by atoms with E-state index in [1.807, 2.05) is 42.5 Å². The molecule has 0 saturated heterocycles. The van der Waals surface area contributed by atoms with Crippen LogP contribution in [0.1, 0.15) is 31.0 Å². The van der Waals surface area contributed by atoms with Crippen LogP contribution in [0.2, 0.25) is 0 Å². The Morgan fingerprint density at radius 3 is 2.30 bits per heavy atom. The Labute approximate surface area is 159 Å². The normalized spacial score (nSPS) is 12.8. The lowest BCUT2D eigenvalue weighted by atomic mass is 10.1. The zero-order valence-electron chi connectivity index (χ0n) is 15.6.